The van der Waals surface area contributed by atoms with Gasteiger partial charge in [-0.25, -0.2) is 4.79 Å². The first-order valence-electron chi connectivity index (χ1n) is 5.90. The molecule has 4 amide bonds. The summed E-state index contributed by atoms with van der Waals surface area (Å²) in [6, 6.07) is 6.88. The Morgan fingerprint density at radius 3 is 2.58 bits per heavy atom. The lowest BCUT2D eigenvalue weighted by Gasteiger charge is -2.14. The fourth-order valence-corrected chi connectivity index (χ4v) is 1.87. The molecule has 6 nitrogen and oxygen atoms in total. The van der Waals surface area contributed by atoms with Gasteiger partial charge in [0.1, 0.15) is 13.1 Å². The van der Waals surface area contributed by atoms with Gasteiger partial charge in [0, 0.05) is 12.7 Å². The van der Waals surface area contributed by atoms with Crippen molar-refractivity contribution in [3.63, 3.8) is 0 Å². The molecular formula is C13H15N3O3. The summed E-state index contributed by atoms with van der Waals surface area (Å²) in [6.45, 7) is 1.64. The van der Waals surface area contributed by atoms with Crippen LogP contribution in [-0.4, -0.2) is 47.8 Å². The highest BCUT2D eigenvalue weighted by atomic mass is 16.2. The number of amides is 4. The van der Waals surface area contributed by atoms with Crippen molar-refractivity contribution in [3.05, 3.63) is 29.8 Å². The van der Waals surface area contributed by atoms with E-state index in [1.807, 2.05) is 25.1 Å². The number of benzene rings is 1. The standard InChI is InChI=1S/C13H15N3O3/c1-9-5-3-4-6-10(9)14-11(17)7-16-12(18)8-15(2)13(16)19/h3-6H,7-8H2,1-2H3,(H,14,17). The first-order valence-corrected chi connectivity index (χ1v) is 5.90. The minimum atomic E-state index is -0.440. The Morgan fingerprint density at radius 1 is 1.32 bits per heavy atom. The van der Waals surface area contributed by atoms with E-state index in [4.69, 9.17) is 0 Å². The summed E-state index contributed by atoms with van der Waals surface area (Å²) in [5.74, 6) is -0.737. The predicted molar refractivity (Wildman–Crippen MR) is 69.5 cm³/mol. The molecule has 0 aromatic heterocycles. The second-order valence-corrected chi connectivity index (χ2v) is 4.48. The molecule has 0 saturated carbocycles. The maximum absolute atomic E-state index is 11.8. The van der Waals surface area contributed by atoms with Crippen LogP contribution in [0.3, 0.4) is 0 Å². The Balaban J connectivity index is 2.01. The Morgan fingerprint density at radius 2 is 2.00 bits per heavy atom. The molecule has 6 heteroatoms. The number of carbonyl (C=O) groups is 3. The van der Waals surface area contributed by atoms with E-state index in [9.17, 15) is 14.4 Å². The van der Waals surface area contributed by atoms with Gasteiger partial charge in [-0.05, 0) is 18.6 Å². The average Bonchev–Trinajstić information content (AvgIpc) is 2.59. The monoisotopic (exact) mass is 261 g/mol. The molecule has 1 aromatic rings. The van der Waals surface area contributed by atoms with Gasteiger partial charge in [-0.1, -0.05) is 18.2 Å². The molecule has 1 saturated heterocycles. The molecule has 0 atom stereocenters. The molecule has 1 heterocycles. The van der Waals surface area contributed by atoms with E-state index in [0.29, 0.717) is 5.69 Å². The van der Waals surface area contributed by atoms with Crippen molar-refractivity contribution >= 4 is 23.5 Å². The van der Waals surface area contributed by atoms with Gasteiger partial charge in [-0.2, -0.15) is 0 Å². The molecule has 1 N–H and O–H groups in total. The molecule has 100 valence electrons. The average molecular weight is 261 g/mol. The number of aryl methyl sites for hydroxylation is 1. The number of likely N-dealkylation sites (N-methyl/N-ethyl adjacent to an activating group) is 1. The zero-order valence-corrected chi connectivity index (χ0v) is 10.8. The highest BCUT2D eigenvalue weighted by Crippen LogP contribution is 2.14. The molecule has 0 spiro atoms. The van der Waals surface area contributed by atoms with Crippen LogP contribution in [0, 0.1) is 6.92 Å². The number of hydrogen-bond acceptors (Lipinski definition) is 3. The fourth-order valence-electron chi connectivity index (χ4n) is 1.87. The van der Waals surface area contributed by atoms with E-state index >= 15 is 0 Å². The SMILES string of the molecule is Cc1ccccc1NC(=O)CN1C(=O)CN(C)C1=O. The number of anilines is 1. The van der Waals surface area contributed by atoms with Crippen LogP contribution in [0.5, 0.6) is 0 Å². The number of hydrogen-bond donors (Lipinski definition) is 1. The van der Waals surface area contributed by atoms with Crippen LogP contribution in [0.2, 0.25) is 0 Å². The summed E-state index contributed by atoms with van der Waals surface area (Å²) < 4.78 is 0. The fraction of sp³-hybridized carbons (Fsp3) is 0.308. The lowest BCUT2D eigenvalue weighted by Crippen LogP contribution is -2.38. The van der Waals surface area contributed by atoms with E-state index in [2.05, 4.69) is 5.32 Å². The quantitative estimate of drug-likeness (QED) is 0.819. The lowest BCUT2D eigenvalue weighted by molar-refractivity contribution is -0.129. The molecule has 0 bridgehead atoms. The van der Waals surface area contributed by atoms with Gasteiger partial charge >= 0.3 is 6.03 Å². The summed E-state index contributed by atoms with van der Waals surface area (Å²) in [5.41, 5.74) is 1.60. The normalized spacial score (nSPS) is 15.1. The minimum absolute atomic E-state index is 0.0243. The van der Waals surface area contributed by atoms with Gasteiger partial charge in [0.2, 0.25) is 5.91 Å². The van der Waals surface area contributed by atoms with E-state index < -0.39 is 6.03 Å². The summed E-state index contributed by atoms with van der Waals surface area (Å²) in [7, 11) is 1.53. The maximum atomic E-state index is 11.8. The van der Waals surface area contributed by atoms with Gasteiger partial charge in [0.15, 0.2) is 0 Å². The van der Waals surface area contributed by atoms with Crippen LogP contribution >= 0.6 is 0 Å². The Labute approximate surface area is 111 Å². The number of imide groups is 1. The third-order valence-corrected chi connectivity index (χ3v) is 2.95. The Bertz CT molecular complexity index is 542. The third kappa shape index (κ3) is 2.73. The van der Waals surface area contributed by atoms with E-state index in [1.54, 1.807) is 6.07 Å². The van der Waals surface area contributed by atoms with E-state index in [-0.39, 0.29) is 24.9 Å². The number of para-hydroxylation sites is 1. The first-order chi connectivity index (χ1) is 8.99. The molecule has 19 heavy (non-hydrogen) atoms. The summed E-state index contributed by atoms with van der Waals surface area (Å²) in [4.78, 5) is 37.2. The van der Waals surface area contributed by atoms with E-state index in [1.165, 1.54) is 11.9 Å². The third-order valence-electron chi connectivity index (χ3n) is 2.95. The summed E-state index contributed by atoms with van der Waals surface area (Å²) >= 11 is 0. The molecular weight excluding hydrogens is 246 g/mol. The summed E-state index contributed by atoms with van der Waals surface area (Å²) in [6.07, 6.45) is 0. The van der Waals surface area contributed by atoms with Crippen LogP contribution < -0.4 is 5.32 Å². The molecule has 1 fully saturated rings. The second-order valence-electron chi connectivity index (χ2n) is 4.48. The highest BCUT2D eigenvalue weighted by Gasteiger charge is 2.34. The van der Waals surface area contributed by atoms with Crippen molar-refractivity contribution in [2.24, 2.45) is 0 Å². The van der Waals surface area contributed by atoms with Crippen LogP contribution in [0.25, 0.3) is 0 Å². The van der Waals surface area contributed by atoms with Crippen LogP contribution in [0.4, 0.5) is 10.5 Å². The molecule has 2 rings (SSSR count). The van der Waals surface area contributed by atoms with Crippen molar-refractivity contribution in [2.45, 2.75) is 6.92 Å². The van der Waals surface area contributed by atoms with Crippen LogP contribution in [0.1, 0.15) is 5.56 Å². The molecule has 0 unspecified atom stereocenters. The second kappa shape index (κ2) is 5.09. The number of carbonyl (C=O) groups excluding carboxylic acids is 3. The Hall–Kier alpha value is -2.37. The number of urea groups is 1. The van der Waals surface area contributed by atoms with Crippen molar-refractivity contribution in [2.75, 3.05) is 25.5 Å². The molecule has 1 aliphatic rings. The van der Waals surface area contributed by atoms with Crippen molar-refractivity contribution < 1.29 is 14.4 Å². The minimum Gasteiger partial charge on any atom is -0.324 e. The van der Waals surface area contributed by atoms with Gasteiger partial charge < -0.3 is 10.2 Å². The Kier molecular flexibility index (Phi) is 3.50. The van der Waals surface area contributed by atoms with Gasteiger partial charge in [-0.3, -0.25) is 14.5 Å². The molecule has 1 aromatic carbocycles. The number of rotatable bonds is 3. The largest absolute Gasteiger partial charge is 0.327 e. The first kappa shape index (κ1) is 13.1. The van der Waals surface area contributed by atoms with Gasteiger partial charge in [0.05, 0.1) is 0 Å². The number of nitrogens with one attached hydrogen (secondary N) is 1. The summed E-state index contributed by atoms with van der Waals surface area (Å²) in [5, 5.41) is 2.69. The predicted octanol–water partition coefficient (Wildman–Crippen LogP) is 0.828. The van der Waals surface area contributed by atoms with Crippen molar-refractivity contribution in [1.82, 2.24) is 9.80 Å². The smallest absolute Gasteiger partial charge is 0.324 e. The van der Waals surface area contributed by atoms with Crippen LogP contribution in [0.15, 0.2) is 24.3 Å². The lowest BCUT2D eigenvalue weighted by atomic mass is 10.2. The van der Waals surface area contributed by atoms with Crippen molar-refractivity contribution in [3.8, 4) is 0 Å². The zero-order valence-electron chi connectivity index (χ0n) is 10.8. The highest BCUT2D eigenvalue weighted by molar-refractivity contribution is 6.06. The molecule has 0 aliphatic carbocycles. The molecule has 0 radical (unpaired) electrons. The maximum Gasteiger partial charge on any atom is 0.327 e. The zero-order chi connectivity index (χ0) is 14.0. The number of nitrogens with zero attached hydrogens (tertiary/aromatic N) is 2. The van der Waals surface area contributed by atoms with Gasteiger partial charge in [-0.15, -0.1) is 0 Å². The topological polar surface area (TPSA) is 69.7 Å². The van der Waals surface area contributed by atoms with E-state index in [0.717, 1.165) is 10.5 Å². The van der Waals surface area contributed by atoms with Crippen molar-refractivity contribution in [1.29, 1.82) is 0 Å². The van der Waals surface area contributed by atoms with Gasteiger partial charge in [0.25, 0.3) is 5.91 Å². The van der Waals surface area contributed by atoms with Crippen LogP contribution in [-0.2, 0) is 9.59 Å². The molecule has 1 aliphatic heterocycles.